The van der Waals surface area contributed by atoms with Crippen LogP contribution < -0.4 is 0 Å². The fraction of sp³-hybridized carbons (Fsp3) is 0.909. The maximum absolute atomic E-state index is 11.7. The molecular weight excluding hydrogens is 242 g/mol. The molecular formula is C11H21NO4S. The van der Waals surface area contributed by atoms with Gasteiger partial charge in [0.1, 0.15) is 0 Å². The summed E-state index contributed by atoms with van der Waals surface area (Å²) in [6, 6.07) is -0.0487. The molecule has 0 aromatic heterocycles. The van der Waals surface area contributed by atoms with Crippen LogP contribution >= 0.6 is 0 Å². The van der Waals surface area contributed by atoms with Crippen molar-refractivity contribution in [1.29, 1.82) is 0 Å². The quantitative estimate of drug-likeness (QED) is 0.829. The highest BCUT2D eigenvalue weighted by Crippen LogP contribution is 2.37. The van der Waals surface area contributed by atoms with E-state index in [4.69, 9.17) is 5.11 Å². The Bertz CT molecular complexity index is 378. The zero-order valence-electron chi connectivity index (χ0n) is 10.6. The summed E-state index contributed by atoms with van der Waals surface area (Å²) in [7, 11) is -2.18. The average molecular weight is 263 g/mol. The van der Waals surface area contributed by atoms with Gasteiger partial charge in [-0.3, -0.25) is 4.79 Å². The van der Waals surface area contributed by atoms with Gasteiger partial charge in [-0.25, -0.2) is 12.7 Å². The molecule has 0 spiro atoms. The molecule has 5 nitrogen and oxygen atoms in total. The molecule has 0 radical (unpaired) electrons. The predicted octanol–water partition coefficient (Wildman–Crippen LogP) is 1.30. The summed E-state index contributed by atoms with van der Waals surface area (Å²) >= 11 is 0. The van der Waals surface area contributed by atoms with E-state index in [0.717, 1.165) is 25.7 Å². The molecule has 1 rings (SSSR count). The van der Waals surface area contributed by atoms with Crippen molar-refractivity contribution >= 4 is 16.0 Å². The number of carboxylic acids is 1. The maximum Gasteiger partial charge on any atom is 0.320 e. The normalized spacial score (nSPS) is 21.6. The first-order chi connectivity index (χ1) is 7.64. The summed E-state index contributed by atoms with van der Waals surface area (Å²) in [5.41, 5.74) is 0.272. The van der Waals surface area contributed by atoms with Gasteiger partial charge in [0.2, 0.25) is 10.0 Å². The highest BCUT2D eigenvalue weighted by molar-refractivity contribution is 7.89. The van der Waals surface area contributed by atoms with Crippen molar-refractivity contribution in [2.24, 2.45) is 5.41 Å². The first-order valence-corrected chi connectivity index (χ1v) is 7.42. The third-order valence-corrected chi connectivity index (χ3v) is 5.35. The Kier molecular flexibility index (Phi) is 4.19. The van der Waals surface area contributed by atoms with Crippen molar-refractivity contribution in [2.45, 2.75) is 45.6 Å². The summed E-state index contributed by atoms with van der Waals surface area (Å²) in [6.45, 7) is 4.35. The molecule has 0 aromatic rings. The third-order valence-electron chi connectivity index (χ3n) is 3.57. The number of carbonyl (C=O) groups is 1. The van der Waals surface area contributed by atoms with Gasteiger partial charge >= 0.3 is 5.97 Å². The van der Waals surface area contributed by atoms with Crippen molar-refractivity contribution in [3.05, 3.63) is 0 Å². The monoisotopic (exact) mass is 263 g/mol. The Balaban J connectivity index is 2.66. The summed E-state index contributed by atoms with van der Waals surface area (Å²) in [6.07, 6.45) is 3.57. The van der Waals surface area contributed by atoms with Crippen molar-refractivity contribution in [1.82, 2.24) is 4.31 Å². The van der Waals surface area contributed by atoms with Crippen LogP contribution in [0.2, 0.25) is 0 Å². The number of rotatable bonds is 4. The van der Waals surface area contributed by atoms with Gasteiger partial charge < -0.3 is 5.11 Å². The van der Waals surface area contributed by atoms with E-state index in [1.165, 1.54) is 11.4 Å². The smallest absolute Gasteiger partial charge is 0.320 e. The average Bonchev–Trinajstić information content (AvgIpc) is 2.14. The fourth-order valence-electron chi connectivity index (χ4n) is 2.23. The lowest BCUT2D eigenvalue weighted by atomic mass is 9.76. The Labute approximate surface area is 103 Å². The Morgan fingerprint density at radius 2 is 1.82 bits per heavy atom. The Morgan fingerprint density at radius 3 is 2.24 bits per heavy atom. The lowest BCUT2D eigenvalue weighted by Gasteiger charge is -2.37. The Hall–Kier alpha value is -0.620. The molecule has 0 heterocycles. The van der Waals surface area contributed by atoms with Gasteiger partial charge in [0.05, 0.1) is 0 Å². The molecule has 0 saturated heterocycles. The number of carboxylic acid groups (broad SMARTS) is 1. The molecule has 0 aliphatic heterocycles. The van der Waals surface area contributed by atoms with Gasteiger partial charge in [-0.05, 0) is 31.1 Å². The van der Waals surface area contributed by atoms with E-state index in [9.17, 15) is 13.2 Å². The number of aliphatic carboxylic acids is 1. The van der Waals surface area contributed by atoms with Crippen molar-refractivity contribution in [2.75, 3.05) is 12.8 Å². The van der Waals surface area contributed by atoms with Gasteiger partial charge in [0, 0.05) is 13.1 Å². The first-order valence-electron chi connectivity index (χ1n) is 5.81. The minimum absolute atomic E-state index is 0.0487. The predicted molar refractivity (Wildman–Crippen MR) is 65.2 cm³/mol. The molecule has 0 unspecified atom stereocenters. The topological polar surface area (TPSA) is 74.7 Å². The second-order valence-corrected chi connectivity index (χ2v) is 7.59. The number of sulfonamides is 1. The van der Waals surface area contributed by atoms with Crippen LogP contribution in [0.1, 0.15) is 39.5 Å². The fourth-order valence-corrected chi connectivity index (χ4v) is 3.41. The zero-order chi connectivity index (χ0) is 13.3. The number of hydrogen-bond donors (Lipinski definition) is 1. The molecule has 0 aromatic carbocycles. The second kappa shape index (κ2) is 4.94. The Morgan fingerprint density at radius 1 is 1.35 bits per heavy atom. The molecule has 100 valence electrons. The van der Waals surface area contributed by atoms with Gasteiger partial charge in [-0.1, -0.05) is 13.8 Å². The third kappa shape index (κ3) is 3.96. The molecule has 6 heteroatoms. The molecule has 0 atom stereocenters. The van der Waals surface area contributed by atoms with Gasteiger partial charge in [-0.2, -0.15) is 0 Å². The zero-order valence-corrected chi connectivity index (χ0v) is 11.5. The maximum atomic E-state index is 11.7. The molecule has 1 fully saturated rings. The summed E-state index contributed by atoms with van der Waals surface area (Å²) in [4.78, 5) is 10.5. The minimum Gasteiger partial charge on any atom is -0.480 e. The SMILES string of the molecule is CN(C1CCC(C)(C)CC1)S(=O)(=O)CC(=O)O. The van der Waals surface area contributed by atoms with Crippen molar-refractivity contribution in [3.63, 3.8) is 0 Å². The van der Waals surface area contributed by atoms with Crippen molar-refractivity contribution < 1.29 is 18.3 Å². The van der Waals surface area contributed by atoms with Crippen LogP contribution in [0.4, 0.5) is 0 Å². The lowest BCUT2D eigenvalue weighted by Crippen LogP contribution is -2.42. The van der Waals surface area contributed by atoms with E-state index in [-0.39, 0.29) is 11.5 Å². The van der Waals surface area contributed by atoms with E-state index in [1.54, 1.807) is 0 Å². The molecule has 1 N–H and O–H groups in total. The van der Waals surface area contributed by atoms with Gasteiger partial charge in [0.25, 0.3) is 0 Å². The molecule has 0 bridgehead atoms. The summed E-state index contributed by atoms with van der Waals surface area (Å²) < 4.78 is 24.7. The lowest BCUT2D eigenvalue weighted by molar-refractivity contribution is -0.134. The number of hydrogen-bond acceptors (Lipinski definition) is 3. The molecule has 17 heavy (non-hydrogen) atoms. The first kappa shape index (κ1) is 14.4. The molecule has 1 aliphatic rings. The van der Waals surface area contributed by atoms with Crippen LogP contribution in [-0.2, 0) is 14.8 Å². The highest BCUT2D eigenvalue weighted by Gasteiger charge is 2.34. The summed E-state index contributed by atoms with van der Waals surface area (Å²) in [5.74, 6) is -2.11. The molecule has 1 saturated carbocycles. The highest BCUT2D eigenvalue weighted by atomic mass is 32.2. The van der Waals surface area contributed by atoms with Crippen LogP contribution in [0, 0.1) is 5.41 Å². The van der Waals surface area contributed by atoms with Crippen LogP contribution in [0.15, 0.2) is 0 Å². The molecule has 0 amide bonds. The van der Waals surface area contributed by atoms with E-state index in [0.29, 0.717) is 0 Å². The van der Waals surface area contributed by atoms with Crippen LogP contribution in [0.25, 0.3) is 0 Å². The van der Waals surface area contributed by atoms with Gasteiger partial charge in [0.15, 0.2) is 5.75 Å². The standard InChI is InChI=1S/C11H21NO4S/c1-11(2)6-4-9(5-7-11)12(3)17(15,16)8-10(13)14/h9H,4-8H2,1-3H3,(H,13,14). The van der Waals surface area contributed by atoms with Crippen molar-refractivity contribution in [3.8, 4) is 0 Å². The van der Waals surface area contributed by atoms with E-state index in [2.05, 4.69) is 13.8 Å². The molecule has 1 aliphatic carbocycles. The van der Waals surface area contributed by atoms with E-state index >= 15 is 0 Å². The largest absolute Gasteiger partial charge is 0.480 e. The van der Waals surface area contributed by atoms with Crippen LogP contribution in [0.3, 0.4) is 0 Å². The van der Waals surface area contributed by atoms with E-state index in [1.807, 2.05) is 0 Å². The number of nitrogens with zero attached hydrogens (tertiary/aromatic N) is 1. The van der Waals surface area contributed by atoms with Crippen LogP contribution in [0.5, 0.6) is 0 Å². The van der Waals surface area contributed by atoms with Crippen LogP contribution in [-0.4, -0.2) is 42.6 Å². The minimum atomic E-state index is -3.66. The second-order valence-electron chi connectivity index (χ2n) is 5.56. The van der Waals surface area contributed by atoms with E-state index < -0.39 is 21.7 Å². The van der Waals surface area contributed by atoms with Gasteiger partial charge in [-0.15, -0.1) is 0 Å². The summed E-state index contributed by atoms with van der Waals surface area (Å²) in [5, 5.41) is 8.57.